The zero-order valence-electron chi connectivity index (χ0n) is 13.1. The zero-order valence-corrected chi connectivity index (χ0v) is 13.1. The second-order valence-corrected chi connectivity index (χ2v) is 5.95. The number of aliphatic hydroxyl groups is 1. The van der Waals surface area contributed by atoms with Crippen LogP contribution in [-0.2, 0) is 11.2 Å². The van der Waals surface area contributed by atoms with Crippen LogP contribution in [-0.4, -0.2) is 42.0 Å². The van der Waals surface area contributed by atoms with Crippen LogP contribution < -0.4 is 9.97 Å². The van der Waals surface area contributed by atoms with E-state index in [-0.39, 0.29) is 5.92 Å². The molecule has 2 atom stereocenters. The summed E-state index contributed by atoms with van der Waals surface area (Å²) in [5.74, 6) is -0.295. The monoisotopic (exact) mass is 307 g/mol. The van der Waals surface area contributed by atoms with Crippen LogP contribution in [0.25, 0.3) is 0 Å². The van der Waals surface area contributed by atoms with Crippen LogP contribution in [0.4, 0.5) is 0 Å². The number of esters is 1. The molecule has 0 aromatic heterocycles. The predicted molar refractivity (Wildman–Crippen MR) is 82.5 cm³/mol. The first-order chi connectivity index (χ1) is 10.4. The van der Waals surface area contributed by atoms with Gasteiger partial charge in [0.05, 0.1) is 12.5 Å². The van der Waals surface area contributed by atoms with Gasteiger partial charge in [0.1, 0.15) is 17.5 Å². The second-order valence-electron chi connectivity index (χ2n) is 5.95. The molecule has 120 valence electrons. The molecule has 1 aliphatic rings. The number of fused-ring (bicyclic) bond motifs is 1. The lowest BCUT2D eigenvalue weighted by molar-refractivity contribution is 0.0455. The molecule has 0 amide bonds. The molecule has 0 aliphatic carbocycles. The van der Waals surface area contributed by atoms with Crippen LogP contribution in [0.15, 0.2) is 18.2 Å². The maximum absolute atomic E-state index is 12.1. The summed E-state index contributed by atoms with van der Waals surface area (Å²) in [5, 5.41) is 22.2. The summed E-state index contributed by atoms with van der Waals surface area (Å²) < 4.78 is 10.7. The Balaban J connectivity index is 2.19. The Morgan fingerprint density at radius 1 is 1.50 bits per heavy atom. The number of carbonyl (C=O) groups excluding carboxylic acids is 1. The van der Waals surface area contributed by atoms with E-state index >= 15 is 0 Å². The van der Waals surface area contributed by atoms with Crippen molar-refractivity contribution in [2.45, 2.75) is 39.4 Å². The molecule has 22 heavy (non-hydrogen) atoms. The molecule has 1 aromatic rings. The van der Waals surface area contributed by atoms with E-state index in [1.165, 1.54) is 0 Å². The minimum Gasteiger partial charge on any atom is -0.534 e. The van der Waals surface area contributed by atoms with Crippen LogP contribution in [0.5, 0.6) is 5.75 Å². The van der Waals surface area contributed by atoms with Crippen molar-refractivity contribution in [1.82, 2.24) is 5.32 Å². The standard InChI is InChI=1S/C15H22BNO5/c1-9(2)8-21-15(19)12-6-4-5-11-7-13(17-10(3)18)16(20)22-14(11)12/h4-6,9-10,13,17-18,20H,7-8H2,1-3H3/t10?,13-/m0/s1. The van der Waals surface area contributed by atoms with Gasteiger partial charge in [0.2, 0.25) is 0 Å². The SMILES string of the molecule is CC(C)COC(=O)c1cccc2c1OB(O)[C@@H](NC(C)O)C2. The van der Waals surface area contributed by atoms with Crippen molar-refractivity contribution < 1.29 is 24.3 Å². The van der Waals surface area contributed by atoms with E-state index in [2.05, 4.69) is 5.32 Å². The summed E-state index contributed by atoms with van der Waals surface area (Å²) >= 11 is 0. The molecular formula is C15H22BNO5. The number of para-hydroxylation sites is 1. The molecule has 0 saturated carbocycles. The minimum atomic E-state index is -1.14. The molecule has 7 heteroatoms. The van der Waals surface area contributed by atoms with Gasteiger partial charge in [0.25, 0.3) is 0 Å². The van der Waals surface area contributed by atoms with Gasteiger partial charge in [-0.3, -0.25) is 5.32 Å². The number of hydrogen-bond donors (Lipinski definition) is 3. The highest BCUT2D eigenvalue weighted by Crippen LogP contribution is 2.30. The number of hydrogen-bond acceptors (Lipinski definition) is 6. The Morgan fingerprint density at radius 2 is 2.23 bits per heavy atom. The van der Waals surface area contributed by atoms with Crippen LogP contribution in [0.3, 0.4) is 0 Å². The number of ether oxygens (including phenoxy) is 1. The number of carbonyl (C=O) groups is 1. The topological polar surface area (TPSA) is 88.0 Å². The van der Waals surface area contributed by atoms with Gasteiger partial charge in [0.15, 0.2) is 0 Å². The van der Waals surface area contributed by atoms with E-state index < -0.39 is 25.3 Å². The first kappa shape index (κ1) is 16.8. The maximum Gasteiger partial charge on any atom is 0.541 e. The summed E-state index contributed by atoms with van der Waals surface area (Å²) in [6, 6.07) is 5.21. The Bertz CT molecular complexity index is 535. The highest BCUT2D eigenvalue weighted by Gasteiger charge is 2.37. The largest absolute Gasteiger partial charge is 0.541 e. The summed E-state index contributed by atoms with van der Waals surface area (Å²) in [7, 11) is -1.14. The van der Waals surface area contributed by atoms with Gasteiger partial charge in [-0.05, 0) is 30.9 Å². The lowest BCUT2D eigenvalue weighted by Crippen LogP contribution is -2.53. The van der Waals surface area contributed by atoms with Gasteiger partial charge >= 0.3 is 13.1 Å². The third-order valence-electron chi connectivity index (χ3n) is 3.34. The predicted octanol–water partition coefficient (Wildman–Crippen LogP) is 0.750. The minimum absolute atomic E-state index is 0.245. The molecule has 0 bridgehead atoms. The van der Waals surface area contributed by atoms with Gasteiger partial charge in [0, 0.05) is 0 Å². The Morgan fingerprint density at radius 3 is 2.86 bits per heavy atom. The smallest absolute Gasteiger partial charge is 0.534 e. The van der Waals surface area contributed by atoms with Crippen LogP contribution in [0.1, 0.15) is 36.7 Å². The van der Waals surface area contributed by atoms with Gasteiger partial charge in [-0.1, -0.05) is 26.0 Å². The summed E-state index contributed by atoms with van der Waals surface area (Å²) in [6.45, 7) is 5.82. The highest BCUT2D eigenvalue weighted by molar-refractivity contribution is 6.46. The second kappa shape index (κ2) is 7.13. The molecule has 6 nitrogen and oxygen atoms in total. The van der Waals surface area contributed by atoms with Crippen molar-refractivity contribution in [3.8, 4) is 5.75 Å². The molecule has 0 fully saturated rings. The Hall–Kier alpha value is -1.57. The summed E-state index contributed by atoms with van der Waals surface area (Å²) in [4.78, 5) is 12.1. The van der Waals surface area contributed by atoms with Crippen LogP contribution >= 0.6 is 0 Å². The summed E-state index contributed by atoms with van der Waals surface area (Å²) in [5.41, 5.74) is 1.11. The third kappa shape index (κ3) is 4.00. The first-order valence-electron chi connectivity index (χ1n) is 7.46. The van der Waals surface area contributed by atoms with Crippen molar-refractivity contribution in [2.75, 3.05) is 6.61 Å². The molecule has 0 saturated heterocycles. The normalized spacial score (nSPS) is 18.6. The van der Waals surface area contributed by atoms with E-state index in [0.717, 1.165) is 5.56 Å². The lowest BCUT2D eigenvalue weighted by Gasteiger charge is -2.30. The van der Waals surface area contributed by atoms with Crippen LogP contribution in [0.2, 0.25) is 0 Å². The maximum atomic E-state index is 12.1. The molecule has 1 aromatic carbocycles. The first-order valence-corrected chi connectivity index (χ1v) is 7.46. The number of benzene rings is 1. The molecule has 1 unspecified atom stereocenters. The van der Waals surface area contributed by atoms with Crippen LogP contribution in [0, 0.1) is 5.92 Å². The van der Waals surface area contributed by atoms with E-state index in [9.17, 15) is 14.9 Å². The third-order valence-corrected chi connectivity index (χ3v) is 3.34. The van der Waals surface area contributed by atoms with Crippen molar-refractivity contribution in [2.24, 2.45) is 5.92 Å². The molecule has 3 N–H and O–H groups in total. The fourth-order valence-corrected chi connectivity index (χ4v) is 2.36. The molecule has 0 spiro atoms. The molecule has 1 heterocycles. The van der Waals surface area contributed by atoms with Gasteiger partial charge < -0.3 is 19.5 Å². The average molecular weight is 307 g/mol. The molecule has 0 radical (unpaired) electrons. The van der Waals surface area contributed by atoms with Crippen molar-refractivity contribution >= 4 is 13.1 Å². The molecule has 1 aliphatic heterocycles. The van der Waals surface area contributed by atoms with E-state index in [4.69, 9.17) is 9.39 Å². The van der Waals surface area contributed by atoms with Crippen molar-refractivity contribution in [3.05, 3.63) is 29.3 Å². The van der Waals surface area contributed by atoms with E-state index in [0.29, 0.717) is 24.3 Å². The fourth-order valence-electron chi connectivity index (χ4n) is 2.36. The quantitative estimate of drug-likeness (QED) is 0.423. The number of rotatable bonds is 5. The highest BCUT2D eigenvalue weighted by atomic mass is 16.5. The lowest BCUT2D eigenvalue weighted by atomic mass is 9.72. The Kier molecular flexibility index (Phi) is 5.44. The van der Waals surface area contributed by atoms with E-state index in [1.807, 2.05) is 19.9 Å². The summed E-state index contributed by atoms with van der Waals surface area (Å²) in [6.07, 6.45) is -0.309. The van der Waals surface area contributed by atoms with E-state index in [1.54, 1.807) is 19.1 Å². The zero-order chi connectivity index (χ0) is 16.3. The van der Waals surface area contributed by atoms with Gasteiger partial charge in [-0.2, -0.15) is 0 Å². The molecule has 2 rings (SSSR count). The fraction of sp³-hybridized carbons (Fsp3) is 0.533. The van der Waals surface area contributed by atoms with Gasteiger partial charge in [-0.15, -0.1) is 0 Å². The average Bonchev–Trinajstić information content (AvgIpc) is 2.44. The number of nitrogens with one attached hydrogen (secondary N) is 1. The van der Waals surface area contributed by atoms with Crippen molar-refractivity contribution in [1.29, 1.82) is 0 Å². The molecular weight excluding hydrogens is 285 g/mol. The Labute approximate surface area is 130 Å². The number of aliphatic hydroxyl groups excluding tert-OH is 1. The van der Waals surface area contributed by atoms with Crippen molar-refractivity contribution in [3.63, 3.8) is 0 Å². The van der Waals surface area contributed by atoms with Gasteiger partial charge in [-0.25, -0.2) is 4.79 Å².